The highest BCUT2D eigenvalue weighted by Crippen LogP contribution is 2.42. The van der Waals surface area contributed by atoms with Crippen molar-refractivity contribution in [3.05, 3.63) is 35.9 Å². The smallest absolute Gasteiger partial charge is 0.226 e. The Hall–Kier alpha value is -1.31. The first-order valence-corrected chi connectivity index (χ1v) is 6.63. The highest BCUT2D eigenvalue weighted by atomic mass is 16.2. The molecule has 3 rings (SSSR count). The van der Waals surface area contributed by atoms with E-state index in [-0.39, 0.29) is 0 Å². The lowest BCUT2D eigenvalue weighted by molar-refractivity contribution is -0.133. The summed E-state index contributed by atoms with van der Waals surface area (Å²) < 4.78 is 0. The van der Waals surface area contributed by atoms with Crippen molar-refractivity contribution in [3.8, 4) is 0 Å². The van der Waals surface area contributed by atoms with E-state index in [1.165, 1.54) is 5.56 Å². The maximum absolute atomic E-state index is 12.3. The van der Waals surface area contributed by atoms with Gasteiger partial charge in [0, 0.05) is 12.5 Å². The van der Waals surface area contributed by atoms with Crippen LogP contribution in [0.5, 0.6) is 0 Å². The van der Waals surface area contributed by atoms with Crippen LogP contribution in [0.25, 0.3) is 0 Å². The SMILES string of the molecule is CC1CC1C(=O)N1CCCC1c1ccccc1. The van der Waals surface area contributed by atoms with Crippen molar-refractivity contribution in [3.63, 3.8) is 0 Å². The van der Waals surface area contributed by atoms with Crippen LogP contribution >= 0.6 is 0 Å². The number of benzene rings is 1. The molecule has 0 aromatic heterocycles. The molecule has 1 saturated carbocycles. The van der Waals surface area contributed by atoms with Crippen molar-refractivity contribution in [2.45, 2.75) is 32.2 Å². The zero-order valence-electron chi connectivity index (χ0n) is 10.3. The monoisotopic (exact) mass is 229 g/mol. The quantitative estimate of drug-likeness (QED) is 0.763. The predicted molar refractivity (Wildman–Crippen MR) is 67.4 cm³/mol. The van der Waals surface area contributed by atoms with Gasteiger partial charge < -0.3 is 4.90 Å². The van der Waals surface area contributed by atoms with Gasteiger partial charge in [-0.05, 0) is 30.7 Å². The fourth-order valence-electron chi connectivity index (χ4n) is 2.93. The van der Waals surface area contributed by atoms with Crippen LogP contribution in [0.2, 0.25) is 0 Å². The topological polar surface area (TPSA) is 20.3 Å². The van der Waals surface area contributed by atoms with E-state index in [1.807, 2.05) is 6.07 Å². The van der Waals surface area contributed by atoms with Gasteiger partial charge in [0.05, 0.1) is 6.04 Å². The Bertz CT molecular complexity index is 414. The number of nitrogens with zero attached hydrogens (tertiary/aromatic N) is 1. The van der Waals surface area contributed by atoms with Gasteiger partial charge in [0.15, 0.2) is 0 Å². The second-order valence-corrected chi connectivity index (χ2v) is 5.42. The fraction of sp³-hybridized carbons (Fsp3) is 0.533. The average Bonchev–Trinajstić information content (AvgIpc) is 2.92. The van der Waals surface area contributed by atoms with Crippen LogP contribution < -0.4 is 0 Å². The first-order chi connectivity index (χ1) is 8.27. The fourth-order valence-corrected chi connectivity index (χ4v) is 2.93. The molecule has 17 heavy (non-hydrogen) atoms. The Morgan fingerprint density at radius 3 is 2.65 bits per heavy atom. The van der Waals surface area contributed by atoms with Crippen molar-refractivity contribution in [1.29, 1.82) is 0 Å². The van der Waals surface area contributed by atoms with Gasteiger partial charge in [0.25, 0.3) is 0 Å². The molecule has 1 heterocycles. The molecule has 3 atom stereocenters. The van der Waals surface area contributed by atoms with Gasteiger partial charge >= 0.3 is 0 Å². The average molecular weight is 229 g/mol. The predicted octanol–water partition coefficient (Wildman–Crippen LogP) is 3.01. The summed E-state index contributed by atoms with van der Waals surface area (Å²) in [7, 11) is 0. The Labute approximate surface area is 103 Å². The van der Waals surface area contributed by atoms with Gasteiger partial charge in [0.2, 0.25) is 5.91 Å². The molecule has 3 unspecified atom stereocenters. The van der Waals surface area contributed by atoms with Gasteiger partial charge in [-0.15, -0.1) is 0 Å². The minimum Gasteiger partial charge on any atom is -0.335 e. The molecule has 90 valence electrons. The molecule has 1 amide bonds. The van der Waals surface area contributed by atoms with Crippen molar-refractivity contribution in [2.24, 2.45) is 11.8 Å². The Balaban J connectivity index is 1.78. The summed E-state index contributed by atoms with van der Waals surface area (Å²) in [5.41, 5.74) is 1.30. The number of rotatable bonds is 2. The first kappa shape index (κ1) is 10.8. The molecule has 0 spiro atoms. The molecule has 0 radical (unpaired) electrons. The van der Waals surface area contributed by atoms with Gasteiger partial charge in [0.1, 0.15) is 0 Å². The minimum atomic E-state index is 0.319. The normalized spacial score (nSPS) is 31.6. The number of carbonyl (C=O) groups is 1. The van der Waals surface area contributed by atoms with Crippen LogP contribution in [0.15, 0.2) is 30.3 Å². The zero-order valence-corrected chi connectivity index (χ0v) is 10.3. The molecule has 1 aromatic carbocycles. The molecule has 1 saturated heterocycles. The highest BCUT2D eigenvalue weighted by Gasteiger charge is 2.44. The van der Waals surface area contributed by atoms with Gasteiger partial charge in [-0.25, -0.2) is 0 Å². The van der Waals surface area contributed by atoms with E-state index >= 15 is 0 Å². The summed E-state index contributed by atoms with van der Waals surface area (Å²) in [6, 6.07) is 10.8. The van der Waals surface area contributed by atoms with Crippen LogP contribution in [0, 0.1) is 11.8 Å². The van der Waals surface area contributed by atoms with Crippen molar-refractivity contribution in [2.75, 3.05) is 6.54 Å². The summed E-state index contributed by atoms with van der Waals surface area (Å²) >= 11 is 0. The third-order valence-electron chi connectivity index (χ3n) is 4.15. The van der Waals surface area contributed by atoms with E-state index in [1.54, 1.807) is 0 Å². The van der Waals surface area contributed by atoms with Crippen molar-refractivity contribution < 1.29 is 4.79 Å². The maximum Gasteiger partial charge on any atom is 0.226 e. The summed E-state index contributed by atoms with van der Waals surface area (Å²) in [6.07, 6.45) is 3.36. The Kier molecular flexibility index (Phi) is 2.65. The zero-order chi connectivity index (χ0) is 11.8. The highest BCUT2D eigenvalue weighted by molar-refractivity contribution is 5.82. The van der Waals surface area contributed by atoms with Gasteiger partial charge in [-0.3, -0.25) is 4.79 Å². The van der Waals surface area contributed by atoms with Crippen LogP contribution in [0.3, 0.4) is 0 Å². The van der Waals surface area contributed by atoms with E-state index in [0.717, 1.165) is 25.8 Å². The van der Waals surface area contributed by atoms with E-state index in [4.69, 9.17) is 0 Å². The standard InChI is InChI=1S/C15H19NO/c1-11-10-13(11)15(17)16-9-5-8-14(16)12-6-3-2-4-7-12/h2-4,6-7,11,13-14H,5,8-10H2,1H3. The summed E-state index contributed by atoms with van der Waals surface area (Å²) in [6.45, 7) is 3.12. The molecule has 2 fully saturated rings. The maximum atomic E-state index is 12.3. The van der Waals surface area contributed by atoms with Crippen molar-refractivity contribution in [1.82, 2.24) is 4.90 Å². The lowest BCUT2D eigenvalue weighted by Crippen LogP contribution is -2.32. The van der Waals surface area contributed by atoms with E-state index in [9.17, 15) is 4.79 Å². The molecule has 2 heteroatoms. The second kappa shape index (κ2) is 4.17. The van der Waals surface area contributed by atoms with E-state index < -0.39 is 0 Å². The second-order valence-electron chi connectivity index (χ2n) is 5.42. The molecule has 1 aliphatic heterocycles. The third kappa shape index (κ3) is 1.97. The number of amides is 1. The van der Waals surface area contributed by atoms with E-state index in [0.29, 0.717) is 23.8 Å². The van der Waals surface area contributed by atoms with Crippen LogP contribution in [-0.2, 0) is 4.79 Å². The molecule has 2 nitrogen and oxygen atoms in total. The number of hydrogen-bond donors (Lipinski definition) is 0. The molecule has 0 N–H and O–H groups in total. The number of carbonyl (C=O) groups excluding carboxylic acids is 1. The lowest BCUT2D eigenvalue weighted by Gasteiger charge is -2.25. The lowest BCUT2D eigenvalue weighted by atomic mass is 10.0. The molecule has 1 aliphatic carbocycles. The van der Waals surface area contributed by atoms with Crippen molar-refractivity contribution >= 4 is 5.91 Å². The first-order valence-electron chi connectivity index (χ1n) is 6.63. The van der Waals surface area contributed by atoms with Crippen LogP contribution in [0.4, 0.5) is 0 Å². The molecule has 2 aliphatic rings. The van der Waals surface area contributed by atoms with E-state index in [2.05, 4.69) is 36.1 Å². The van der Waals surface area contributed by atoms with Gasteiger partial charge in [-0.1, -0.05) is 37.3 Å². The summed E-state index contributed by atoms with van der Waals surface area (Å²) in [4.78, 5) is 14.4. The largest absolute Gasteiger partial charge is 0.335 e. The summed E-state index contributed by atoms with van der Waals surface area (Å²) in [5, 5.41) is 0. The molecule has 1 aromatic rings. The Morgan fingerprint density at radius 2 is 2.00 bits per heavy atom. The van der Waals surface area contributed by atoms with Crippen LogP contribution in [-0.4, -0.2) is 17.4 Å². The Morgan fingerprint density at radius 1 is 1.29 bits per heavy atom. The molecular weight excluding hydrogens is 210 g/mol. The molecular formula is C15H19NO. The minimum absolute atomic E-state index is 0.319. The number of likely N-dealkylation sites (tertiary alicyclic amines) is 1. The summed E-state index contributed by atoms with van der Waals surface area (Å²) in [5.74, 6) is 1.32. The molecule has 0 bridgehead atoms. The van der Waals surface area contributed by atoms with Crippen LogP contribution in [0.1, 0.15) is 37.8 Å². The third-order valence-corrected chi connectivity index (χ3v) is 4.15. The van der Waals surface area contributed by atoms with Gasteiger partial charge in [-0.2, -0.15) is 0 Å². The number of hydrogen-bond acceptors (Lipinski definition) is 1.